The van der Waals surface area contributed by atoms with Crippen molar-refractivity contribution in [1.82, 2.24) is 14.8 Å². The van der Waals surface area contributed by atoms with Gasteiger partial charge in [-0.25, -0.2) is 4.79 Å². The van der Waals surface area contributed by atoms with Gasteiger partial charge in [-0.3, -0.25) is 14.4 Å². The molecule has 1 saturated carbocycles. The molecule has 8 heteroatoms. The molecular weight excluding hydrogens is 350 g/mol. The van der Waals surface area contributed by atoms with Crippen LogP contribution in [-0.4, -0.2) is 63.4 Å². The number of carboxylic acid groups (broad SMARTS) is 1. The number of hydrogen-bond acceptors (Lipinski definition) is 4. The van der Waals surface area contributed by atoms with E-state index in [1.165, 1.54) is 12.3 Å². The number of carbonyl (C=O) groups excluding carboxylic acids is 2. The summed E-state index contributed by atoms with van der Waals surface area (Å²) in [6, 6.07) is 2.37. The van der Waals surface area contributed by atoms with E-state index in [-0.39, 0.29) is 28.7 Å². The van der Waals surface area contributed by atoms with E-state index in [1.54, 1.807) is 15.9 Å². The molecule has 3 fully saturated rings. The molecule has 3 aliphatic rings. The van der Waals surface area contributed by atoms with Crippen LogP contribution in [0.5, 0.6) is 0 Å². The van der Waals surface area contributed by atoms with E-state index in [2.05, 4.69) is 4.98 Å². The lowest BCUT2D eigenvalue weighted by Gasteiger charge is -2.39. The number of hydrogen-bond donors (Lipinski definition) is 2. The number of likely N-dealkylation sites (tertiary alicyclic amines) is 2. The molecular formula is C19H23N3O5. The smallest absolute Gasteiger partial charge is 0.326 e. The molecule has 1 aliphatic carbocycles. The van der Waals surface area contributed by atoms with Crippen molar-refractivity contribution in [2.75, 3.05) is 19.6 Å². The van der Waals surface area contributed by atoms with Gasteiger partial charge in [0.15, 0.2) is 0 Å². The molecule has 8 nitrogen and oxygen atoms in total. The van der Waals surface area contributed by atoms with E-state index >= 15 is 0 Å². The Morgan fingerprint density at radius 2 is 1.89 bits per heavy atom. The fraction of sp³-hybridized carbons (Fsp3) is 0.579. The van der Waals surface area contributed by atoms with Crippen LogP contribution < -0.4 is 5.56 Å². The largest absolute Gasteiger partial charge is 0.480 e. The van der Waals surface area contributed by atoms with Gasteiger partial charge in [-0.2, -0.15) is 0 Å². The van der Waals surface area contributed by atoms with Gasteiger partial charge in [0.05, 0.1) is 0 Å². The molecule has 4 rings (SSSR count). The fourth-order valence-corrected chi connectivity index (χ4v) is 4.38. The van der Waals surface area contributed by atoms with Gasteiger partial charge in [0.2, 0.25) is 5.91 Å². The van der Waals surface area contributed by atoms with Gasteiger partial charge in [-0.05, 0) is 49.7 Å². The summed E-state index contributed by atoms with van der Waals surface area (Å²) >= 11 is 0. The van der Waals surface area contributed by atoms with Crippen molar-refractivity contribution in [1.29, 1.82) is 0 Å². The molecule has 0 unspecified atom stereocenters. The van der Waals surface area contributed by atoms with E-state index in [4.69, 9.17) is 0 Å². The van der Waals surface area contributed by atoms with Crippen LogP contribution >= 0.6 is 0 Å². The highest BCUT2D eigenvalue weighted by Gasteiger charge is 2.52. The topological polar surface area (TPSA) is 111 Å². The molecule has 1 aromatic rings. The van der Waals surface area contributed by atoms with Crippen molar-refractivity contribution in [3.8, 4) is 0 Å². The Labute approximate surface area is 156 Å². The highest BCUT2D eigenvalue weighted by molar-refractivity contribution is 5.94. The molecule has 144 valence electrons. The van der Waals surface area contributed by atoms with E-state index in [0.717, 1.165) is 12.8 Å². The van der Waals surface area contributed by atoms with Gasteiger partial charge in [0.25, 0.3) is 11.5 Å². The quantitative estimate of drug-likeness (QED) is 0.810. The average molecular weight is 373 g/mol. The minimum atomic E-state index is -0.949. The van der Waals surface area contributed by atoms with Crippen LogP contribution in [0.15, 0.2) is 23.1 Å². The summed E-state index contributed by atoms with van der Waals surface area (Å²) in [5.41, 5.74) is -0.544. The van der Waals surface area contributed by atoms with Crippen molar-refractivity contribution < 1.29 is 19.5 Å². The SMILES string of the molecule is O=C(O)[C@H]1CC2(CCN(C(=O)c3ccc[nH]c3=O)CC2)CN1C(=O)C1CC1. The fourth-order valence-electron chi connectivity index (χ4n) is 4.38. The first kappa shape index (κ1) is 17.8. The van der Waals surface area contributed by atoms with Crippen LogP contribution in [-0.2, 0) is 9.59 Å². The summed E-state index contributed by atoms with van der Waals surface area (Å²) in [4.78, 5) is 54.4. The molecule has 1 aromatic heterocycles. The number of pyridine rings is 1. The monoisotopic (exact) mass is 373 g/mol. The summed E-state index contributed by atoms with van der Waals surface area (Å²) in [7, 11) is 0. The summed E-state index contributed by atoms with van der Waals surface area (Å²) in [6.45, 7) is 1.38. The number of piperidine rings is 1. The zero-order chi connectivity index (χ0) is 19.2. The lowest BCUT2D eigenvalue weighted by molar-refractivity contribution is -0.148. The Bertz CT molecular complexity index is 836. The standard InChI is InChI=1S/C19H23N3O5/c23-15-13(2-1-7-20-15)17(25)21-8-5-19(6-9-21)10-14(18(26)27)22(11-19)16(24)12-3-4-12/h1-2,7,12,14H,3-6,8-11H2,(H,20,23)(H,26,27)/t14-/m1/s1. The molecule has 2 amide bonds. The van der Waals surface area contributed by atoms with Crippen LogP contribution in [0.25, 0.3) is 0 Å². The summed E-state index contributed by atoms with van der Waals surface area (Å²) in [6.07, 6.45) is 4.91. The number of nitrogens with zero attached hydrogens (tertiary/aromatic N) is 2. The summed E-state index contributed by atoms with van der Waals surface area (Å²) in [5.74, 6) is -1.29. The van der Waals surface area contributed by atoms with E-state index in [9.17, 15) is 24.3 Å². The van der Waals surface area contributed by atoms with Gasteiger partial charge in [-0.1, -0.05) is 0 Å². The second-order valence-electron chi connectivity index (χ2n) is 8.00. The number of aromatic amines is 1. The number of aliphatic carboxylic acids is 1. The predicted octanol–water partition coefficient (Wildman–Crippen LogP) is 0.693. The third-order valence-electron chi connectivity index (χ3n) is 6.16. The first-order valence-electron chi connectivity index (χ1n) is 9.40. The molecule has 2 aliphatic heterocycles. The van der Waals surface area contributed by atoms with Crippen LogP contribution in [0, 0.1) is 11.3 Å². The Balaban J connectivity index is 1.46. The van der Waals surface area contributed by atoms with Crippen molar-refractivity contribution in [2.24, 2.45) is 11.3 Å². The van der Waals surface area contributed by atoms with Crippen molar-refractivity contribution in [3.63, 3.8) is 0 Å². The zero-order valence-corrected chi connectivity index (χ0v) is 15.0. The van der Waals surface area contributed by atoms with Crippen molar-refractivity contribution >= 4 is 17.8 Å². The van der Waals surface area contributed by atoms with Gasteiger partial charge in [0.1, 0.15) is 11.6 Å². The number of amides is 2. The van der Waals surface area contributed by atoms with Crippen LogP contribution in [0.2, 0.25) is 0 Å². The highest BCUT2D eigenvalue weighted by atomic mass is 16.4. The predicted molar refractivity (Wildman–Crippen MR) is 95.1 cm³/mol. The lowest BCUT2D eigenvalue weighted by atomic mass is 9.76. The van der Waals surface area contributed by atoms with Gasteiger partial charge < -0.3 is 19.9 Å². The van der Waals surface area contributed by atoms with Gasteiger partial charge >= 0.3 is 5.97 Å². The molecule has 0 aromatic carbocycles. The Morgan fingerprint density at radius 1 is 1.19 bits per heavy atom. The number of rotatable bonds is 3. The van der Waals surface area contributed by atoms with Gasteiger partial charge in [-0.15, -0.1) is 0 Å². The molecule has 0 bridgehead atoms. The maximum atomic E-state index is 12.6. The normalized spacial score (nSPS) is 24.2. The Morgan fingerprint density at radius 3 is 2.48 bits per heavy atom. The third-order valence-corrected chi connectivity index (χ3v) is 6.16. The van der Waals surface area contributed by atoms with Gasteiger partial charge in [0, 0.05) is 31.7 Å². The number of carbonyl (C=O) groups is 3. The Hall–Kier alpha value is -2.64. The van der Waals surface area contributed by atoms with Crippen LogP contribution in [0.3, 0.4) is 0 Å². The van der Waals surface area contributed by atoms with Crippen LogP contribution in [0.1, 0.15) is 42.5 Å². The lowest BCUT2D eigenvalue weighted by Crippen LogP contribution is -2.46. The molecule has 1 atom stereocenters. The molecule has 3 heterocycles. The molecule has 1 spiro atoms. The molecule has 27 heavy (non-hydrogen) atoms. The summed E-state index contributed by atoms with van der Waals surface area (Å²) < 4.78 is 0. The zero-order valence-electron chi connectivity index (χ0n) is 15.0. The first-order chi connectivity index (χ1) is 12.9. The van der Waals surface area contributed by atoms with Crippen molar-refractivity contribution in [3.05, 3.63) is 34.2 Å². The van der Waals surface area contributed by atoms with E-state index < -0.39 is 17.6 Å². The second kappa shape index (κ2) is 6.51. The van der Waals surface area contributed by atoms with E-state index in [1.807, 2.05) is 0 Å². The molecule has 2 saturated heterocycles. The highest BCUT2D eigenvalue weighted by Crippen LogP contribution is 2.45. The minimum Gasteiger partial charge on any atom is -0.480 e. The average Bonchev–Trinajstić information content (AvgIpc) is 3.44. The van der Waals surface area contributed by atoms with Crippen molar-refractivity contribution in [2.45, 2.75) is 38.1 Å². The number of nitrogens with one attached hydrogen (secondary N) is 1. The first-order valence-corrected chi connectivity index (χ1v) is 9.40. The van der Waals surface area contributed by atoms with E-state index in [0.29, 0.717) is 38.9 Å². The number of H-pyrrole nitrogens is 1. The second-order valence-corrected chi connectivity index (χ2v) is 8.00. The third kappa shape index (κ3) is 3.24. The summed E-state index contributed by atoms with van der Waals surface area (Å²) in [5, 5.41) is 9.57. The Kier molecular flexibility index (Phi) is 4.28. The number of carboxylic acids is 1. The molecule has 2 N–H and O–H groups in total. The molecule has 0 radical (unpaired) electrons. The maximum absolute atomic E-state index is 12.6. The van der Waals surface area contributed by atoms with Crippen LogP contribution in [0.4, 0.5) is 0 Å². The number of aromatic nitrogens is 1. The minimum absolute atomic E-state index is 0.00604. The maximum Gasteiger partial charge on any atom is 0.326 e.